The summed E-state index contributed by atoms with van der Waals surface area (Å²) in [6.45, 7) is 4.53. The van der Waals surface area contributed by atoms with Crippen LogP contribution in [0.15, 0.2) is 28.7 Å². The molecular weight excluding hydrogens is 212 g/mol. The zero-order valence-electron chi connectivity index (χ0n) is 7.68. The monoisotopic (exact) mass is 226 g/mol. The van der Waals surface area contributed by atoms with E-state index in [9.17, 15) is 0 Å². The Hall–Kier alpha value is -0.300. The van der Waals surface area contributed by atoms with E-state index in [0.29, 0.717) is 0 Å². The molecule has 0 bridgehead atoms. The van der Waals surface area contributed by atoms with E-state index >= 15 is 0 Å². The Bertz CT molecular complexity index is 243. The van der Waals surface area contributed by atoms with Gasteiger partial charge in [0.1, 0.15) is 0 Å². The van der Waals surface area contributed by atoms with Gasteiger partial charge < -0.3 is 0 Å². The molecule has 1 rings (SSSR count). The lowest BCUT2D eigenvalue weighted by atomic mass is 9.99. The van der Waals surface area contributed by atoms with E-state index in [1.54, 1.807) is 0 Å². The molecule has 0 aliphatic carbocycles. The van der Waals surface area contributed by atoms with Crippen LogP contribution >= 0.6 is 15.9 Å². The first kappa shape index (κ1) is 9.79. The molecule has 1 atom stereocenters. The molecule has 66 valence electrons. The van der Waals surface area contributed by atoms with Crippen molar-refractivity contribution < 1.29 is 0 Å². The third-order valence-corrected chi connectivity index (χ3v) is 2.66. The standard InChI is InChI=1S/C11H15Br/c1-3-9(2)7-10-5-4-6-11(12)8-10/h4-6,8-9H,3,7H2,1-2H3/t9-/m0/s1. The number of rotatable bonds is 3. The van der Waals surface area contributed by atoms with E-state index in [1.165, 1.54) is 22.9 Å². The highest BCUT2D eigenvalue weighted by Crippen LogP contribution is 2.16. The third kappa shape index (κ3) is 2.98. The summed E-state index contributed by atoms with van der Waals surface area (Å²) in [6, 6.07) is 8.56. The Morgan fingerprint density at radius 3 is 2.75 bits per heavy atom. The molecule has 0 radical (unpaired) electrons. The molecule has 1 aromatic rings. The van der Waals surface area contributed by atoms with Crippen molar-refractivity contribution in [3.05, 3.63) is 34.3 Å². The molecule has 0 aromatic heterocycles. The fourth-order valence-electron chi connectivity index (χ4n) is 1.21. The second-order valence-electron chi connectivity index (χ2n) is 3.35. The van der Waals surface area contributed by atoms with Crippen molar-refractivity contribution in [2.45, 2.75) is 26.7 Å². The van der Waals surface area contributed by atoms with Crippen LogP contribution in [0.5, 0.6) is 0 Å². The maximum absolute atomic E-state index is 3.47. The Morgan fingerprint density at radius 1 is 1.42 bits per heavy atom. The smallest absolute Gasteiger partial charge is 0.0177 e. The summed E-state index contributed by atoms with van der Waals surface area (Å²) < 4.78 is 1.18. The van der Waals surface area contributed by atoms with E-state index < -0.39 is 0 Å². The van der Waals surface area contributed by atoms with Crippen molar-refractivity contribution in [3.8, 4) is 0 Å². The number of hydrogen-bond acceptors (Lipinski definition) is 0. The minimum atomic E-state index is 0.791. The second-order valence-corrected chi connectivity index (χ2v) is 4.26. The van der Waals surface area contributed by atoms with Gasteiger partial charge in [0.2, 0.25) is 0 Å². The zero-order chi connectivity index (χ0) is 8.97. The van der Waals surface area contributed by atoms with Gasteiger partial charge in [0.25, 0.3) is 0 Å². The maximum Gasteiger partial charge on any atom is 0.0177 e. The molecule has 0 aliphatic rings. The molecule has 0 N–H and O–H groups in total. The molecule has 0 amide bonds. The van der Waals surface area contributed by atoms with Crippen LogP contribution in [0.4, 0.5) is 0 Å². The lowest BCUT2D eigenvalue weighted by molar-refractivity contribution is 0.560. The first-order valence-electron chi connectivity index (χ1n) is 4.46. The predicted molar refractivity (Wildman–Crippen MR) is 57.3 cm³/mol. The summed E-state index contributed by atoms with van der Waals surface area (Å²) in [4.78, 5) is 0. The lowest BCUT2D eigenvalue weighted by Gasteiger charge is -2.07. The Labute approximate surface area is 83.1 Å². The van der Waals surface area contributed by atoms with Gasteiger partial charge in [-0.2, -0.15) is 0 Å². The van der Waals surface area contributed by atoms with E-state index in [1.807, 2.05) is 0 Å². The van der Waals surface area contributed by atoms with Crippen molar-refractivity contribution in [1.82, 2.24) is 0 Å². The third-order valence-electron chi connectivity index (χ3n) is 2.17. The molecule has 0 saturated carbocycles. The lowest BCUT2D eigenvalue weighted by Crippen LogP contribution is -1.97. The average molecular weight is 227 g/mol. The molecule has 0 aliphatic heterocycles. The fraction of sp³-hybridized carbons (Fsp3) is 0.455. The van der Waals surface area contributed by atoms with Gasteiger partial charge in [0.05, 0.1) is 0 Å². The topological polar surface area (TPSA) is 0 Å². The summed E-state index contributed by atoms with van der Waals surface area (Å²) in [5, 5.41) is 0. The molecular formula is C11H15Br. The summed E-state index contributed by atoms with van der Waals surface area (Å²) in [7, 11) is 0. The molecule has 12 heavy (non-hydrogen) atoms. The van der Waals surface area contributed by atoms with Crippen LogP contribution in [-0.2, 0) is 6.42 Å². The molecule has 0 fully saturated rings. The Balaban J connectivity index is 2.63. The van der Waals surface area contributed by atoms with Crippen LogP contribution in [0.25, 0.3) is 0 Å². The SMILES string of the molecule is CC[C@H](C)Cc1cccc(Br)c1. The van der Waals surface area contributed by atoms with Crippen LogP contribution in [0.2, 0.25) is 0 Å². The van der Waals surface area contributed by atoms with Gasteiger partial charge in [-0.15, -0.1) is 0 Å². The van der Waals surface area contributed by atoms with Crippen molar-refractivity contribution in [1.29, 1.82) is 0 Å². The van der Waals surface area contributed by atoms with Gasteiger partial charge in [-0.25, -0.2) is 0 Å². The first-order chi connectivity index (χ1) is 5.72. The molecule has 1 aromatic carbocycles. The van der Waals surface area contributed by atoms with Gasteiger partial charge in [0, 0.05) is 4.47 Å². The van der Waals surface area contributed by atoms with Crippen LogP contribution in [0.3, 0.4) is 0 Å². The van der Waals surface area contributed by atoms with Crippen LogP contribution in [0, 0.1) is 5.92 Å². The minimum absolute atomic E-state index is 0.791. The van der Waals surface area contributed by atoms with Crippen molar-refractivity contribution in [2.24, 2.45) is 5.92 Å². The van der Waals surface area contributed by atoms with Gasteiger partial charge in [0.15, 0.2) is 0 Å². The van der Waals surface area contributed by atoms with Crippen LogP contribution in [-0.4, -0.2) is 0 Å². The predicted octanol–water partition coefficient (Wildman–Crippen LogP) is 4.04. The minimum Gasteiger partial charge on any atom is -0.0651 e. The van der Waals surface area contributed by atoms with Crippen LogP contribution < -0.4 is 0 Å². The van der Waals surface area contributed by atoms with Crippen molar-refractivity contribution >= 4 is 15.9 Å². The number of benzene rings is 1. The van der Waals surface area contributed by atoms with Gasteiger partial charge in [-0.05, 0) is 30.0 Å². The van der Waals surface area contributed by atoms with E-state index in [4.69, 9.17) is 0 Å². The molecule has 0 heterocycles. The average Bonchev–Trinajstić information content (AvgIpc) is 2.04. The first-order valence-corrected chi connectivity index (χ1v) is 5.26. The molecule has 0 nitrogen and oxygen atoms in total. The highest BCUT2D eigenvalue weighted by atomic mass is 79.9. The number of hydrogen-bond donors (Lipinski definition) is 0. The quantitative estimate of drug-likeness (QED) is 0.731. The molecule has 0 saturated heterocycles. The van der Waals surface area contributed by atoms with E-state index in [0.717, 1.165) is 5.92 Å². The Kier molecular flexibility index (Phi) is 3.80. The summed E-state index contributed by atoms with van der Waals surface area (Å²) in [5.41, 5.74) is 1.43. The maximum atomic E-state index is 3.47. The summed E-state index contributed by atoms with van der Waals surface area (Å²) in [6.07, 6.45) is 2.45. The summed E-state index contributed by atoms with van der Waals surface area (Å²) >= 11 is 3.47. The zero-order valence-corrected chi connectivity index (χ0v) is 9.26. The summed E-state index contributed by atoms with van der Waals surface area (Å²) in [5.74, 6) is 0.791. The van der Waals surface area contributed by atoms with Crippen LogP contribution in [0.1, 0.15) is 25.8 Å². The van der Waals surface area contributed by atoms with Crippen molar-refractivity contribution in [2.75, 3.05) is 0 Å². The number of halogens is 1. The second kappa shape index (κ2) is 4.66. The molecule has 0 unspecified atom stereocenters. The van der Waals surface area contributed by atoms with Gasteiger partial charge in [-0.1, -0.05) is 48.3 Å². The highest BCUT2D eigenvalue weighted by molar-refractivity contribution is 9.10. The molecule has 1 heteroatoms. The van der Waals surface area contributed by atoms with Crippen molar-refractivity contribution in [3.63, 3.8) is 0 Å². The fourth-order valence-corrected chi connectivity index (χ4v) is 1.66. The van der Waals surface area contributed by atoms with E-state index in [-0.39, 0.29) is 0 Å². The highest BCUT2D eigenvalue weighted by Gasteiger charge is 2.00. The largest absolute Gasteiger partial charge is 0.0651 e. The normalized spacial score (nSPS) is 12.9. The Morgan fingerprint density at radius 2 is 2.17 bits per heavy atom. The molecule has 0 spiro atoms. The van der Waals surface area contributed by atoms with E-state index in [2.05, 4.69) is 54.0 Å². The van der Waals surface area contributed by atoms with Gasteiger partial charge in [-0.3, -0.25) is 0 Å². The van der Waals surface area contributed by atoms with Gasteiger partial charge >= 0.3 is 0 Å².